The largest absolute Gasteiger partial charge is 0.241 e. The highest BCUT2D eigenvalue weighted by molar-refractivity contribution is 9.11. The van der Waals surface area contributed by atoms with Gasteiger partial charge >= 0.3 is 0 Å². The highest BCUT2D eigenvalue weighted by atomic mass is 79.9. The van der Waals surface area contributed by atoms with Crippen LogP contribution in [0.4, 0.5) is 0 Å². The van der Waals surface area contributed by atoms with Gasteiger partial charge in [-0.2, -0.15) is 0 Å². The van der Waals surface area contributed by atoms with Gasteiger partial charge in [0.15, 0.2) is 0 Å². The van der Waals surface area contributed by atoms with Gasteiger partial charge in [-0.15, -0.1) is 0 Å². The van der Waals surface area contributed by atoms with Crippen molar-refractivity contribution in [3.63, 3.8) is 0 Å². The zero-order chi connectivity index (χ0) is 15.8. The molecule has 1 saturated carbocycles. The van der Waals surface area contributed by atoms with Crippen molar-refractivity contribution >= 4 is 41.9 Å². The molecular weight excluding hydrogens is 418 g/mol. The fourth-order valence-electron chi connectivity index (χ4n) is 2.77. The van der Waals surface area contributed by atoms with Gasteiger partial charge in [-0.1, -0.05) is 29.8 Å². The van der Waals surface area contributed by atoms with Crippen molar-refractivity contribution in [2.75, 3.05) is 0 Å². The lowest BCUT2D eigenvalue weighted by molar-refractivity contribution is 0.242. The molecule has 3 nitrogen and oxygen atoms in total. The maximum atomic E-state index is 12.6. The molecular formula is C15H21Br2NO2S. The van der Waals surface area contributed by atoms with E-state index in [1.165, 1.54) is 0 Å². The van der Waals surface area contributed by atoms with Crippen LogP contribution in [-0.4, -0.2) is 14.5 Å². The SMILES string of the molecule is Cc1cc(Br)c(S(=O)(=O)NC2CCC(C)C(C)C2)cc1Br. The summed E-state index contributed by atoms with van der Waals surface area (Å²) in [6, 6.07) is 3.52. The first-order valence-electron chi connectivity index (χ1n) is 7.18. The van der Waals surface area contributed by atoms with Crippen LogP contribution in [0.25, 0.3) is 0 Å². The van der Waals surface area contributed by atoms with E-state index in [2.05, 4.69) is 50.4 Å². The fraction of sp³-hybridized carbons (Fsp3) is 0.600. The average molecular weight is 439 g/mol. The van der Waals surface area contributed by atoms with Crippen LogP contribution in [0, 0.1) is 18.8 Å². The topological polar surface area (TPSA) is 46.2 Å². The van der Waals surface area contributed by atoms with Gasteiger partial charge in [0, 0.05) is 15.0 Å². The van der Waals surface area contributed by atoms with Crippen molar-refractivity contribution in [1.29, 1.82) is 0 Å². The average Bonchev–Trinajstić information content (AvgIpc) is 2.37. The standard InChI is InChI=1S/C15H21Br2NO2S/c1-9-4-5-12(6-10(9)2)18-21(19,20)15-8-13(16)11(3)7-14(15)17/h7-10,12,18H,4-6H2,1-3H3. The van der Waals surface area contributed by atoms with E-state index in [0.717, 1.165) is 29.3 Å². The molecule has 2 rings (SSSR count). The van der Waals surface area contributed by atoms with E-state index >= 15 is 0 Å². The molecule has 0 spiro atoms. The van der Waals surface area contributed by atoms with E-state index in [9.17, 15) is 8.42 Å². The summed E-state index contributed by atoms with van der Waals surface area (Å²) in [6.45, 7) is 6.37. The summed E-state index contributed by atoms with van der Waals surface area (Å²) in [4.78, 5) is 0.297. The van der Waals surface area contributed by atoms with Crippen LogP contribution in [-0.2, 0) is 10.0 Å². The van der Waals surface area contributed by atoms with Gasteiger partial charge in [-0.05, 0) is 71.6 Å². The summed E-state index contributed by atoms with van der Waals surface area (Å²) in [6.07, 6.45) is 2.90. The molecule has 1 aliphatic rings. The van der Waals surface area contributed by atoms with Crippen molar-refractivity contribution in [3.05, 3.63) is 26.6 Å². The third kappa shape index (κ3) is 4.09. The number of aryl methyl sites for hydroxylation is 1. The molecule has 1 fully saturated rings. The molecule has 3 unspecified atom stereocenters. The molecule has 6 heteroatoms. The van der Waals surface area contributed by atoms with Crippen LogP contribution in [0.3, 0.4) is 0 Å². The smallest absolute Gasteiger partial charge is 0.208 e. The third-order valence-corrected chi connectivity index (χ3v) is 7.76. The van der Waals surface area contributed by atoms with Crippen LogP contribution in [0.15, 0.2) is 26.0 Å². The molecule has 0 amide bonds. The molecule has 0 bridgehead atoms. The normalized spacial score (nSPS) is 26.8. The second-order valence-electron chi connectivity index (χ2n) is 6.12. The van der Waals surface area contributed by atoms with E-state index in [0.29, 0.717) is 21.2 Å². The second kappa shape index (κ2) is 6.69. The zero-order valence-corrected chi connectivity index (χ0v) is 16.5. The van der Waals surface area contributed by atoms with Gasteiger partial charge in [0.25, 0.3) is 0 Å². The summed E-state index contributed by atoms with van der Waals surface area (Å²) >= 11 is 6.77. The molecule has 1 aliphatic carbocycles. The Labute approximate surface area is 144 Å². The Morgan fingerprint density at radius 1 is 1.10 bits per heavy atom. The number of rotatable bonds is 3. The predicted octanol–water partition coefficient (Wildman–Crippen LogP) is 4.62. The summed E-state index contributed by atoms with van der Waals surface area (Å²) < 4.78 is 29.5. The molecule has 0 radical (unpaired) electrons. The van der Waals surface area contributed by atoms with Gasteiger partial charge in [-0.25, -0.2) is 13.1 Å². The summed E-state index contributed by atoms with van der Waals surface area (Å²) in [5, 5.41) is 0. The van der Waals surface area contributed by atoms with Crippen molar-refractivity contribution < 1.29 is 8.42 Å². The Morgan fingerprint density at radius 3 is 2.38 bits per heavy atom. The highest BCUT2D eigenvalue weighted by Crippen LogP contribution is 2.32. The minimum atomic E-state index is -3.50. The zero-order valence-electron chi connectivity index (χ0n) is 12.5. The van der Waals surface area contributed by atoms with E-state index < -0.39 is 10.0 Å². The quantitative estimate of drug-likeness (QED) is 0.747. The van der Waals surface area contributed by atoms with Crippen LogP contribution < -0.4 is 4.72 Å². The van der Waals surface area contributed by atoms with Gasteiger partial charge < -0.3 is 0 Å². The number of hydrogen-bond acceptors (Lipinski definition) is 2. The molecule has 1 N–H and O–H groups in total. The van der Waals surface area contributed by atoms with Crippen molar-refractivity contribution in [2.24, 2.45) is 11.8 Å². The van der Waals surface area contributed by atoms with Crippen molar-refractivity contribution in [1.82, 2.24) is 4.72 Å². The minimum Gasteiger partial charge on any atom is -0.208 e. The van der Waals surface area contributed by atoms with Gasteiger partial charge in [0.05, 0.1) is 4.90 Å². The number of sulfonamides is 1. The highest BCUT2D eigenvalue weighted by Gasteiger charge is 2.29. The van der Waals surface area contributed by atoms with Gasteiger partial charge in [0.2, 0.25) is 10.0 Å². The maximum absolute atomic E-state index is 12.6. The molecule has 1 aromatic carbocycles. The predicted molar refractivity (Wildman–Crippen MR) is 92.9 cm³/mol. The van der Waals surface area contributed by atoms with Crippen molar-refractivity contribution in [2.45, 2.75) is 51.0 Å². The van der Waals surface area contributed by atoms with E-state index in [-0.39, 0.29) is 6.04 Å². The number of halogens is 2. The Hall–Kier alpha value is 0.0900. The fourth-order valence-corrected chi connectivity index (χ4v) is 5.73. The van der Waals surface area contributed by atoms with E-state index in [4.69, 9.17) is 0 Å². The second-order valence-corrected chi connectivity index (χ2v) is 9.51. The van der Waals surface area contributed by atoms with E-state index in [1.54, 1.807) is 6.07 Å². The molecule has 21 heavy (non-hydrogen) atoms. The first-order chi connectivity index (χ1) is 9.70. The summed E-state index contributed by atoms with van der Waals surface area (Å²) in [5.74, 6) is 1.23. The molecule has 3 atom stereocenters. The van der Waals surface area contributed by atoms with Gasteiger partial charge in [-0.3, -0.25) is 0 Å². The number of nitrogens with one attached hydrogen (secondary N) is 1. The lowest BCUT2D eigenvalue weighted by Crippen LogP contribution is -2.39. The summed E-state index contributed by atoms with van der Waals surface area (Å²) in [7, 11) is -3.50. The molecule has 0 aliphatic heterocycles. The van der Waals surface area contributed by atoms with Crippen molar-refractivity contribution in [3.8, 4) is 0 Å². The Bertz CT molecular complexity index is 631. The lowest BCUT2D eigenvalue weighted by atomic mass is 9.79. The molecule has 118 valence electrons. The molecule has 0 heterocycles. The first-order valence-corrected chi connectivity index (χ1v) is 10.3. The molecule has 0 saturated heterocycles. The van der Waals surface area contributed by atoms with Crippen LogP contribution >= 0.6 is 31.9 Å². The lowest BCUT2D eigenvalue weighted by Gasteiger charge is -2.32. The first kappa shape index (κ1) is 17.4. The molecule has 0 aromatic heterocycles. The third-order valence-electron chi connectivity index (χ3n) is 4.42. The van der Waals surface area contributed by atoms with Crippen LogP contribution in [0.5, 0.6) is 0 Å². The minimum absolute atomic E-state index is 0.0354. The number of hydrogen-bond donors (Lipinski definition) is 1. The Kier molecular flexibility index (Phi) is 5.55. The Morgan fingerprint density at radius 2 is 1.76 bits per heavy atom. The maximum Gasteiger partial charge on any atom is 0.241 e. The van der Waals surface area contributed by atoms with Gasteiger partial charge in [0.1, 0.15) is 0 Å². The summed E-state index contributed by atoms with van der Waals surface area (Å²) in [5.41, 5.74) is 1.00. The number of benzene rings is 1. The Balaban J connectivity index is 2.21. The molecule has 1 aromatic rings. The van der Waals surface area contributed by atoms with Crippen LogP contribution in [0.1, 0.15) is 38.7 Å². The van der Waals surface area contributed by atoms with E-state index in [1.807, 2.05) is 13.0 Å². The van der Waals surface area contributed by atoms with Crippen LogP contribution in [0.2, 0.25) is 0 Å². The monoisotopic (exact) mass is 437 g/mol.